The largest absolute Gasteiger partial charge is 0.464 e. The molecule has 136 valence electrons. The maximum atomic E-state index is 13.2. The zero-order valence-corrected chi connectivity index (χ0v) is 15.3. The molecule has 2 aliphatic carbocycles. The van der Waals surface area contributed by atoms with E-state index < -0.39 is 12.0 Å². The molecule has 2 saturated carbocycles. The lowest BCUT2D eigenvalue weighted by Crippen LogP contribution is -2.48. The normalized spacial score (nSPS) is 18.4. The number of methoxy groups -OCH3 is 1. The van der Waals surface area contributed by atoms with E-state index in [1.54, 1.807) is 25.7 Å². The molecule has 0 unspecified atom stereocenters. The molecule has 0 bridgehead atoms. The number of nitrogens with one attached hydrogen (secondary N) is 1. The highest BCUT2D eigenvalue weighted by atomic mass is 16.5. The minimum atomic E-state index is -0.515. The van der Waals surface area contributed by atoms with Gasteiger partial charge in [0, 0.05) is 23.2 Å². The number of ether oxygens (including phenoxy) is 1. The van der Waals surface area contributed by atoms with Crippen molar-refractivity contribution in [2.24, 2.45) is 5.92 Å². The highest BCUT2D eigenvalue weighted by molar-refractivity contribution is 6.06. The Morgan fingerprint density at radius 1 is 1.16 bits per heavy atom. The molecular formula is C19H26N2O4. The fraction of sp³-hybridized carbons (Fsp3) is 0.632. The average molecular weight is 346 g/mol. The maximum absolute atomic E-state index is 13.2. The van der Waals surface area contributed by atoms with Gasteiger partial charge in [0.25, 0.3) is 0 Å². The molecule has 1 N–H and O–H groups in total. The van der Waals surface area contributed by atoms with Crippen LogP contribution >= 0.6 is 0 Å². The van der Waals surface area contributed by atoms with Crippen LogP contribution in [0.25, 0.3) is 0 Å². The Morgan fingerprint density at radius 2 is 1.80 bits per heavy atom. The second kappa shape index (κ2) is 6.65. The van der Waals surface area contributed by atoms with Crippen molar-refractivity contribution in [2.45, 2.75) is 65.0 Å². The molecule has 0 aromatic carbocycles. The smallest absolute Gasteiger partial charge is 0.354 e. The van der Waals surface area contributed by atoms with E-state index in [9.17, 15) is 14.4 Å². The standard InChI is InChI=1S/C19H26N2O4/c1-10-15(11(2)20-16(10)19(24)25-4)17(22)12(3)21(14-8-9-14)18(23)13-6-5-7-13/h12-14,20H,5-9H2,1-4H3/t12-/m0/s1. The number of nitrogens with zero attached hydrogens (tertiary/aromatic N) is 1. The third-order valence-electron chi connectivity index (χ3n) is 5.52. The van der Waals surface area contributed by atoms with E-state index in [-0.39, 0.29) is 23.7 Å². The minimum Gasteiger partial charge on any atom is -0.464 e. The number of aryl methyl sites for hydroxylation is 1. The van der Waals surface area contributed by atoms with Crippen LogP contribution in [-0.2, 0) is 9.53 Å². The van der Waals surface area contributed by atoms with Crippen molar-refractivity contribution in [3.8, 4) is 0 Å². The van der Waals surface area contributed by atoms with E-state index in [1.165, 1.54) is 7.11 Å². The summed E-state index contributed by atoms with van der Waals surface area (Å²) in [6.07, 6.45) is 4.88. The van der Waals surface area contributed by atoms with Crippen molar-refractivity contribution in [1.29, 1.82) is 0 Å². The fourth-order valence-electron chi connectivity index (χ4n) is 3.67. The molecule has 0 spiro atoms. The van der Waals surface area contributed by atoms with Gasteiger partial charge >= 0.3 is 5.97 Å². The summed E-state index contributed by atoms with van der Waals surface area (Å²) < 4.78 is 4.77. The second-order valence-corrected chi connectivity index (χ2v) is 7.26. The van der Waals surface area contributed by atoms with E-state index in [0.717, 1.165) is 32.1 Å². The van der Waals surface area contributed by atoms with Crippen LogP contribution in [-0.4, -0.2) is 46.7 Å². The number of aromatic nitrogens is 1. The molecule has 6 nitrogen and oxygen atoms in total. The van der Waals surface area contributed by atoms with Crippen LogP contribution in [0.4, 0.5) is 0 Å². The molecule has 0 saturated heterocycles. The number of carbonyl (C=O) groups is 3. The number of esters is 1. The zero-order chi connectivity index (χ0) is 18.3. The quantitative estimate of drug-likeness (QED) is 0.634. The zero-order valence-electron chi connectivity index (χ0n) is 15.3. The lowest BCUT2D eigenvalue weighted by molar-refractivity contribution is -0.140. The highest BCUT2D eigenvalue weighted by Crippen LogP contribution is 2.36. The van der Waals surface area contributed by atoms with Crippen LogP contribution < -0.4 is 0 Å². The first-order chi connectivity index (χ1) is 11.9. The van der Waals surface area contributed by atoms with Gasteiger partial charge in [-0.3, -0.25) is 9.59 Å². The van der Waals surface area contributed by atoms with Crippen molar-refractivity contribution in [2.75, 3.05) is 7.11 Å². The van der Waals surface area contributed by atoms with Crippen molar-refractivity contribution >= 4 is 17.7 Å². The molecule has 0 aliphatic heterocycles. The number of aromatic amines is 1. The number of amides is 1. The van der Waals surface area contributed by atoms with Crippen LogP contribution in [0.3, 0.4) is 0 Å². The first-order valence-corrected chi connectivity index (χ1v) is 9.00. The molecule has 3 rings (SSSR count). The Bertz CT molecular complexity index is 713. The van der Waals surface area contributed by atoms with Crippen molar-refractivity contribution in [3.63, 3.8) is 0 Å². The molecule has 1 aromatic rings. The predicted molar refractivity (Wildman–Crippen MR) is 92.6 cm³/mol. The van der Waals surface area contributed by atoms with Crippen LogP contribution in [0.2, 0.25) is 0 Å². The van der Waals surface area contributed by atoms with Gasteiger partial charge in [-0.1, -0.05) is 6.42 Å². The topological polar surface area (TPSA) is 79.5 Å². The number of H-pyrrole nitrogens is 1. The van der Waals surface area contributed by atoms with Gasteiger partial charge in [0.05, 0.1) is 13.2 Å². The second-order valence-electron chi connectivity index (χ2n) is 7.26. The van der Waals surface area contributed by atoms with Gasteiger partial charge in [0.15, 0.2) is 5.78 Å². The lowest BCUT2D eigenvalue weighted by atomic mass is 9.83. The van der Waals surface area contributed by atoms with Crippen molar-refractivity contribution in [1.82, 2.24) is 9.88 Å². The maximum Gasteiger partial charge on any atom is 0.354 e. The number of hydrogen-bond acceptors (Lipinski definition) is 4. The Kier molecular flexibility index (Phi) is 4.71. The summed E-state index contributed by atoms with van der Waals surface area (Å²) in [7, 11) is 1.31. The summed E-state index contributed by atoms with van der Waals surface area (Å²) in [4.78, 5) is 42.6. The molecule has 1 aromatic heterocycles. The predicted octanol–water partition coefficient (Wildman–Crippen LogP) is 2.78. The Morgan fingerprint density at radius 3 is 2.28 bits per heavy atom. The molecule has 0 radical (unpaired) electrons. The molecule has 2 fully saturated rings. The number of rotatable bonds is 6. The molecule has 1 heterocycles. The molecule has 2 aliphatic rings. The first kappa shape index (κ1) is 17.7. The summed E-state index contributed by atoms with van der Waals surface area (Å²) in [6, 6.07) is -0.328. The SMILES string of the molecule is COC(=O)c1[nH]c(C)c(C(=O)[C@H](C)N(C(=O)C2CCC2)C2CC2)c1C. The molecular weight excluding hydrogens is 320 g/mol. The molecule has 6 heteroatoms. The van der Waals surface area contributed by atoms with Gasteiger partial charge in [0.2, 0.25) is 5.91 Å². The van der Waals surface area contributed by atoms with Gasteiger partial charge in [-0.25, -0.2) is 4.79 Å². The van der Waals surface area contributed by atoms with E-state index >= 15 is 0 Å². The first-order valence-electron chi connectivity index (χ1n) is 9.00. The van der Waals surface area contributed by atoms with Crippen molar-refractivity contribution < 1.29 is 19.1 Å². The fourth-order valence-corrected chi connectivity index (χ4v) is 3.67. The van der Waals surface area contributed by atoms with Crippen LogP contribution in [0.1, 0.15) is 71.1 Å². The molecule has 1 atom stereocenters. The average Bonchev–Trinajstić information content (AvgIpc) is 3.30. The highest BCUT2D eigenvalue weighted by Gasteiger charge is 2.42. The van der Waals surface area contributed by atoms with Crippen LogP contribution in [0, 0.1) is 19.8 Å². The third-order valence-corrected chi connectivity index (χ3v) is 5.52. The van der Waals surface area contributed by atoms with Gasteiger partial charge in [0.1, 0.15) is 5.69 Å². The number of Topliss-reactive ketones (excluding diaryl/α,β-unsaturated/α-hetero) is 1. The monoisotopic (exact) mass is 346 g/mol. The Hall–Kier alpha value is -2.11. The van der Waals surface area contributed by atoms with Crippen LogP contribution in [0.5, 0.6) is 0 Å². The summed E-state index contributed by atoms with van der Waals surface area (Å²) in [5, 5.41) is 0. The van der Waals surface area contributed by atoms with Crippen molar-refractivity contribution in [3.05, 3.63) is 22.5 Å². The Labute approximate surface area is 147 Å². The Balaban J connectivity index is 1.87. The van der Waals surface area contributed by atoms with Crippen LogP contribution in [0.15, 0.2) is 0 Å². The number of carbonyl (C=O) groups excluding carboxylic acids is 3. The van der Waals surface area contributed by atoms with E-state index in [1.807, 2.05) is 0 Å². The van der Waals surface area contributed by atoms with E-state index in [4.69, 9.17) is 4.74 Å². The number of hydrogen-bond donors (Lipinski definition) is 1. The number of ketones is 1. The lowest BCUT2D eigenvalue weighted by Gasteiger charge is -2.35. The molecule has 25 heavy (non-hydrogen) atoms. The minimum absolute atomic E-state index is 0.0786. The summed E-state index contributed by atoms with van der Waals surface area (Å²) in [6.45, 7) is 5.32. The van der Waals surface area contributed by atoms with Gasteiger partial charge in [-0.2, -0.15) is 0 Å². The van der Waals surface area contributed by atoms with Gasteiger partial charge < -0.3 is 14.6 Å². The summed E-state index contributed by atoms with van der Waals surface area (Å²) in [5.41, 5.74) is 2.04. The summed E-state index contributed by atoms with van der Waals surface area (Å²) >= 11 is 0. The third kappa shape index (κ3) is 3.10. The van der Waals surface area contributed by atoms with Gasteiger partial charge in [-0.15, -0.1) is 0 Å². The summed E-state index contributed by atoms with van der Waals surface area (Å²) in [5.74, 6) is -0.401. The molecule has 1 amide bonds. The van der Waals surface area contributed by atoms with E-state index in [2.05, 4.69) is 4.98 Å². The van der Waals surface area contributed by atoms with Gasteiger partial charge in [-0.05, 0) is 52.0 Å². The van der Waals surface area contributed by atoms with E-state index in [0.29, 0.717) is 22.5 Å².